The highest BCUT2D eigenvalue weighted by molar-refractivity contribution is 6.30. The number of carbonyl (C=O) groups is 1. The number of nitrogens with one attached hydrogen (secondary N) is 1. The van der Waals surface area contributed by atoms with Gasteiger partial charge in [0.2, 0.25) is 0 Å². The van der Waals surface area contributed by atoms with Gasteiger partial charge in [0.1, 0.15) is 10.8 Å². The summed E-state index contributed by atoms with van der Waals surface area (Å²) in [7, 11) is 0. The van der Waals surface area contributed by atoms with E-state index in [0.717, 1.165) is 47.0 Å². The van der Waals surface area contributed by atoms with E-state index in [1.54, 1.807) is 0 Å². The fourth-order valence-corrected chi connectivity index (χ4v) is 4.16. The summed E-state index contributed by atoms with van der Waals surface area (Å²) in [5, 5.41) is 2.72. The van der Waals surface area contributed by atoms with Crippen LogP contribution in [0.2, 0.25) is 5.15 Å². The van der Waals surface area contributed by atoms with Gasteiger partial charge in [-0.25, -0.2) is 4.98 Å². The highest BCUT2D eigenvalue weighted by Crippen LogP contribution is 2.23. The Labute approximate surface area is 173 Å². The smallest absolute Gasteiger partial charge is 0.270 e. The van der Waals surface area contributed by atoms with Crippen LogP contribution in [0.5, 0.6) is 0 Å². The zero-order chi connectivity index (χ0) is 19.8. The molecule has 1 saturated heterocycles. The standard InChI is InChI=1S/C23H21ClN4O/c24-22-18(13-16-5-1-4-8-20(16)26-22)15-27-9-11-28(12-10-27)23(29)21-14-17-6-2-3-7-19(17)25-21/h1-8,13-14,25H,9-12,15H2. The summed E-state index contributed by atoms with van der Waals surface area (Å²) in [4.78, 5) is 24.9. The van der Waals surface area contributed by atoms with Gasteiger partial charge in [-0.2, -0.15) is 0 Å². The first-order chi connectivity index (χ1) is 14.2. The van der Waals surface area contributed by atoms with Crippen molar-refractivity contribution < 1.29 is 4.79 Å². The number of rotatable bonds is 3. The molecule has 0 aliphatic carbocycles. The summed E-state index contributed by atoms with van der Waals surface area (Å²) in [5.41, 5.74) is 3.59. The molecular weight excluding hydrogens is 384 g/mol. The second-order valence-corrected chi connectivity index (χ2v) is 7.83. The fraction of sp³-hybridized carbons (Fsp3) is 0.217. The molecule has 0 spiro atoms. The molecule has 5 rings (SSSR count). The van der Waals surface area contributed by atoms with E-state index >= 15 is 0 Å². The van der Waals surface area contributed by atoms with E-state index in [0.29, 0.717) is 23.9 Å². The number of aromatic amines is 1. The molecule has 5 nitrogen and oxygen atoms in total. The molecule has 3 heterocycles. The van der Waals surface area contributed by atoms with E-state index in [1.807, 2.05) is 53.4 Å². The number of hydrogen-bond donors (Lipinski definition) is 1. The summed E-state index contributed by atoms with van der Waals surface area (Å²) in [6.45, 7) is 3.77. The first-order valence-corrected chi connectivity index (χ1v) is 10.2. The molecule has 0 unspecified atom stereocenters. The van der Waals surface area contributed by atoms with Crippen molar-refractivity contribution in [3.63, 3.8) is 0 Å². The summed E-state index contributed by atoms with van der Waals surface area (Å²) < 4.78 is 0. The Morgan fingerprint density at radius 2 is 1.69 bits per heavy atom. The van der Waals surface area contributed by atoms with Crippen molar-refractivity contribution in [1.82, 2.24) is 19.8 Å². The monoisotopic (exact) mass is 404 g/mol. The molecule has 2 aromatic carbocycles. The fourth-order valence-electron chi connectivity index (χ4n) is 3.96. The molecule has 1 N–H and O–H groups in total. The SMILES string of the molecule is O=C(c1cc2ccccc2[nH]1)N1CCN(Cc2cc3ccccc3nc2Cl)CC1. The van der Waals surface area contributed by atoms with Crippen LogP contribution in [-0.2, 0) is 6.54 Å². The number of halogens is 1. The lowest BCUT2D eigenvalue weighted by molar-refractivity contribution is 0.0623. The van der Waals surface area contributed by atoms with Crippen LogP contribution in [0.3, 0.4) is 0 Å². The second-order valence-electron chi connectivity index (χ2n) is 7.47. The van der Waals surface area contributed by atoms with Crippen molar-refractivity contribution in [2.75, 3.05) is 26.2 Å². The van der Waals surface area contributed by atoms with Crippen molar-refractivity contribution >= 4 is 39.3 Å². The number of hydrogen-bond acceptors (Lipinski definition) is 3. The molecule has 1 aliphatic rings. The quantitative estimate of drug-likeness (QED) is 0.517. The number of carbonyl (C=O) groups excluding carboxylic acids is 1. The Bertz CT molecular complexity index is 1160. The van der Waals surface area contributed by atoms with Crippen molar-refractivity contribution in [2.24, 2.45) is 0 Å². The molecule has 29 heavy (non-hydrogen) atoms. The molecule has 0 atom stereocenters. The molecule has 0 saturated carbocycles. The van der Waals surface area contributed by atoms with Crippen molar-refractivity contribution in [3.05, 3.63) is 77.1 Å². The lowest BCUT2D eigenvalue weighted by Crippen LogP contribution is -2.48. The molecule has 6 heteroatoms. The number of benzene rings is 2. The lowest BCUT2D eigenvalue weighted by Gasteiger charge is -2.34. The third kappa shape index (κ3) is 3.59. The third-order valence-corrected chi connectivity index (χ3v) is 5.89. The highest BCUT2D eigenvalue weighted by Gasteiger charge is 2.24. The van der Waals surface area contributed by atoms with E-state index in [-0.39, 0.29) is 5.91 Å². The average Bonchev–Trinajstić information content (AvgIpc) is 3.19. The molecule has 1 amide bonds. The van der Waals surface area contributed by atoms with Crippen LogP contribution in [0.1, 0.15) is 16.1 Å². The van der Waals surface area contributed by atoms with Crippen LogP contribution in [0.15, 0.2) is 60.7 Å². The largest absolute Gasteiger partial charge is 0.351 e. The van der Waals surface area contributed by atoms with Gasteiger partial charge >= 0.3 is 0 Å². The van der Waals surface area contributed by atoms with Crippen LogP contribution < -0.4 is 0 Å². The van der Waals surface area contributed by atoms with Gasteiger partial charge in [-0.15, -0.1) is 0 Å². The first kappa shape index (κ1) is 18.2. The summed E-state index contributed by atoms with van der Waals surface area (Å²) in [6.07, 6.45) is 0. The summed E-state index contributed by atoms with van der Waals surface area (Å²) >= 11 is 6.41. The Kier molecular flexibility index (Phi) is 4.70. The van der Waals surface area contributed by atoms with Crippen LogP contribution in [0, 0.1) is 0 Å². The van der Waals surface area contributed by atoms with Crippen molar-refractivity contribution in [2.45, 2.75) is 6.54 Å². The van der Waals surface area contributed by atoms with E-state index in [2.05, 4.69) is 27.0 Å². The minimum Gasteiger partial charge on any atom is -0.351 e. The number of para-hydroxylation sites is 2. The number of aromatic nitrogens is 2. The highest BCUT2D eigenvalue weighted by atomic mass is 35.5. The summed E-state index contributed by atoms with van der Waals surface area (Å²) in [5.74, 6) is 0.0613. The number of nitrogens with zero attached hydrogens (tertiary/aromatic N) is 3. The molecule has 0 bridgehead atoms. The second kappa shape index (κ2) is 7.50. The van der Waals surface area contributed by atoms with Gasteiger partial charge in [0.25, 0.3) is 5.91 Å². The normalized spacial score (nSPS) is 15.3. The maximum Gasteiger partial charge on any atom is 0.270 e. The number of amides is 1. The van der Waals surface area contributed by atoms with Crippen LogP contribution in [-0.4, -0.2) is 51.9 Å². The minimum absolute atomic E-state index is 0.0613. The molecule has 1 fully saturated rings. The van der Waals surface area contributed by atoms with Crippen LogP contribution in [0.4, 0.5) is 0 Å². The topological polar surface area (TPSA) is 52.2 Å². The average molecular weight is 405 g/mol. The number of piperazine rings is 1. The maximum atomic E-state index is 12.9. The lowest BCUT2D eigenvalue weighted by atomic mass is 10.1. The first-order valence-electron chi connectivity index (χ1n) is 9.81. The molecule has 0 radical (unpaired) electrons. The van der Waals surface area contributed by atoms with Crippen molar-refractivity contribution in [1.29, 1.82) is 0 Å². The predicted octanol–water partition coefficient (Wildman–Crippen LogP) is 4.33. The zero-order valence-corrected chi connectivity index (χ0v) is 16.7. The Balaban J connectivity index is 1.25. The Hall–Kier alpha value is -2.89. The molecule has 4 aromatic rings. The molecule has 1 aliphatic heterocycles. The van der Waals surface area contributed by atoms with E-state index < -0.39 is 0 Å². The van der Waals surface area contributed by atoms with Gasteiger partial charge in [0.05, 0.1) is 5.52 Å². The van der Waals surface area contributed by atoms with E-state index in [4.69, 9.17) is 11.6 Å². The van der Waals surface area contributed by atoms with Gasteiger partial charge < -0.3 is 9.88 Å². The number of H-pyrrole nitrogens is 1. The van der Waals surface area contributed by atoms with Gasteiger partial charge in [-0.1, -0.05) is 48.0 Å². The Morgan fingerprint density at radius 1 is 0.966 bits per heavy atom. The van der Waals surface area contributed by atoms with Crippen LogP contribution >= 0.6 is 11.6 Å². The molecule has 2 aromatic heterocycles. The Morgan fingerprint density at radius 3 is 2.48 bits per heavy atom. The zero-order valence-electron chi connectivity index (χ0n) is 15.9. The van der Waals surface area contributed by atoms with Gasteiger partial charge in [0, 0.05) is 54.6 Å². The number of fused-ring (bicyclic) bond motifs is 2. The third-order valence-electron chi connectivity index (χ3n) is 5.56. The van der Waals surface area contributed by atoms with Gasteiger partial charge in [-0.3, -0.25) is 9.69 Å². The van der Waals surface area contributed by atoms with E-state index in [9.17, 15) is 4.79 Å². The summed E-state index contributed by atoms with van der Waals surface area (Å²) in [6, 6.07) is 20.0. The maximum absolute atomic E-state index is 12.9. The van der Waals surface area contributed by atoms with Gasteiger partial charge in [0.15, 0.2) is 0 Å². The van der Waals surface area contributed by atoms with Crippen molar-refractivity contribution in [3.8, 4) is 0 Å². The molecular formula is C23H21ClN4O. The minimum atomic E-state index is 0.0613. The molecule has 146 valence electrons. The predicted molar refractivity (Wildman–Crippen MR) is 116 cm³/mol. The van der Waals surface area contributed by atoms with Gasteiger partial charge in [-0.05, 0) is 24.3 Å². The van der Waals surface area contributed by atoms with E-state index in [1.165, 1.54) is 0 Å². The van der Waals surface area contributed by atoms with Crippen LogP contribution in [0.25, 0.3) is 21.8 Å². The number of pyridine rings is 1.